The first-order valence-electron chi connectivity index (χ1n) is 13.4. The van der Waals surface area contributed by atoms with Gasteiger partial charge in [-0.15, -0.1) is 0 Å². The van der Waals surface area contributed by atoms with Gasteiger partial charge in [0, 0.05) is 36.1 Å². The molecule has 0 unspecified atom stereocenters. The van der Waals surface area contributed by atoms with Crippen LogP contribution in [-0.2, 0) is 21.7 Å². The van der Waals surface area contributed by atoms with E-state index in [1.54, 1.807) is 0 Å². The molecule has 0 aromatic heterocycles. The number of ether oxygens (including phenoxy) is 2. The lowest BCUT2D eigenvalue weighted by Gasteiger charge is -2.35. The molecule has 0 aliphatic heterocycles. The highest BCUT2D eigenvalue weighted by Gasteiger charge is 2.34. The summed E-state index contributed by atoms with van der Waals surface area (Å²) in [6.45, 7) is 33.0. The monoisotopic (exact) mass is 512 g/mol. The van der Waals surface area contributed by atoms with Gasteiger partial charge in [-0.1, -0.05) is 83.1 Å². The molecule has 4 nitrogen and oxygen atoms in total. The Kier molecular flexibility index (Phi) is 7.87. The van der Waals surface area contributed by atoms with E-state index < -0.39 is 5.79 Å². The van der Waals surface area contributed by atoms with E-state index in [0.29, 0.717) is 23.0 Å². The minimum absolute atomic E-state index is 0.266. The normalized spacial score (nSPS) is 13.6. The smallest absolute Gasteiger partial charge is 0.245 e. The molecule has 2 rings (SSSR count). The largest absolute Gasteiger partial charge is 0.507 e. The molecule has 4 heteroatoms. The van der Waals surface area contributed by atoms with Crippen LogP contribution in [0.2, 0.25) is 0 Å². The summed E-state index contributed by atoms with van der Waals surface area (Å²) in [4.78, 5) is 0. The van der Waals surface area contributed by atoms with Gasteiger partial charge in [-0.3, -0.25) is 0 Å². The Morgan fingerprint density at radius 1 is 0.486 bits per heavy atom. The van der Waals surface area contributed by atoms with Gasteiger partial charge in [-0.2, -0.15) is 0 Å². The molecule has 2 N–H and O–H groups in total. The predicted octanol–water partition coefficient (Wildman–Crippen LogP) is 9.10. The zero-order valence-corrected chi connectivity index (χ0v) is 26.4. The molecule has 208 valence electrons. The molecule has 2 aromatic carbocycles. The molecule has 0 saturated carbocycles. The Balaban J connectivity index is 2.71. The first-order chi connectivity index (χ1) is 16.3. The third-order valence-electron chi connectivity index (χ3n) is 6.85. The van der Waals surface area contributed by atoms with Crippen LogP contribution in [-0.4, -0.2) is 16.0 Å². The van der Waals surface area contributed by atoms with E-state index in [0.717, 1.165) is 33.4 Å². The van der Waals surface area contributed by atoms with Crippen molar-refractivity contribution < 1.29 is 19.7 Å². The second-order valence-electron chi connectivity index (χ2n) is 15.1. The number of phenols is 2. The predicted molar refractivity (Wildman–Crippen MR) is 156 cm³/mol. The van der Waals surface area contributed by atoms with Crippen LogP contribution in [0, 0.1) is 13.8 Å². The van der Waals surface area contributed by atoms with E-state index in [9.17, 15) is 10.2 Å². The summed E-state index contributed by atoms with van der Waals surface area (Å²) in [5, 5.41) is 22.5. The molecule has 0 aliphatic rings. The second-order valence-corrected chi connectivity index (χ2v) is 15.1. The van der Waals surface area contributed by atoms with Crippen molar-refractivity contribution in [3.05, 3.63) is 45.5 Å². The molecule has 0 atom stereocenters. The van der Waals surface area contributed by atoms with Crippen LogP contribution in [0.1, 0.15) is 130 Å². The lowest BCUT2D eigenvalue weighted by atomic mass is 9.77. The van der Waals surface area contributed by atoms with E-state index >= 15 is 0 Å². The second kappa shape index (κ2) is 9.43. The maximum Gasteiger partial charge on any atom is 0.245 e. The number of rotatable bonds is 4. The van der Waals surface area contributed by atoms with Crippen LogP contribution in [0.25, 0.3) is 0 Å². The average Bonchev–Trinajstić information content (AvgIpc) is 2.62. The Bertz CT molecular complexity index is 1070. The molecule has 0 heterocycles. The number of benzene rings is 2. The van der Waals surface area contributed by atoms with Crippen molar-refractivity contribution in [1.82, 2.24) is 0 Å². The Morgan fingerprint density at radius 2 is 0.757 bits per heavy atom. The van der Waals surface area contributed by atoms with Gasteiger partial charge in [0.2, 0.25) is 5.79 Å². The van der Waals surface area contributed by atoms with Crippen LogP contribution in [0.4, 0.5) is 0 Å². The molecule has 0 amide bonds. The van der Waals surface area contributed by atoms with E-state index in [4.69, 9.17) is 9.47 Å². The van der Waals surface area contributed by atoms with Crippen molar-refractivity contribution >= 4 is 0 Å². The maximum absolute atomic E-state index is 11.3. The Morgan fingerprint density at radius 3 is 0.973 bits per heavy atom. The number of aromatic hydroxyl groups is 2. The fourth-order valence-corrected chi connectivity index (χ4v) is 5.23. The van der Waals surface area contributed by atoms with E-state index in [2.05, 4.69) is 83.1 Å². The summed E-state index contributed by atoms with van der Waals surface area (Å²) in [5.74, 6) is 1.05. The highest BCUT2D eigenvalue weighted by Crippen LogP contribution is 2.47. The van der Waals surface area contributed by atoms with Crippen molar-refractivity contribution in [1.29, 1.82) is 0 Å². The molecule has 0 aliphatic carbocycles. The van der Waals surface area contributed by atoms with E-state index in [-0.39, 0.29) is 21.7 Å². The van der Waals surface area contributed by atoms with Gasteiger partial charge >= 0.3 is 0 Å². The molecule has 0 radical (unpaired) electrons. The zero-order chi connectivity index (χ0) is 29.1. The van der Waals surface area contributed by atoms with Crippen molar-refractivity contribution in [3.8, 4) is 23.0 Å². The SMILES string of the molecule is Cc1c(OC(C)(C)Oc2cc(C(C)(C)C)c(O)c(C(C)(C)C)c2C)cc(C(C)(C)C)c(O)c1C(C)(C)C. The standard InChI is InChI=1S/C33H52O4/c1-19-23(17-21(29(3,4)5)27(34)25(19)31(9,10)11)36-33(15,16)37-24-18-22(30(6,7)8)28(35)26(20(24)2)32(12,13)14/h17-18,34-35H,1-16H3. The zero-order valence-electron chi connectivity index (χ0n) is 26.4. The summed E-state index contributed by atoms with van der Waals surface area (Å²) in [6.07, 6.45) is 0. The Labute approximate surface area is 226 Å². The van der Waals surface area contributed by atoms with Crippen LogP contribution < -0.4 is 9.47 Å². The first-order valence-corrected chi connectivity index (χ1v) is 13.4. The molecule has 0 spiro atoms. The fourth-order valence-electron chi connectivity index (χ4n) is 5.23. The maximum atomic E-state index is 11.3. The number of hydrogen-bond acceptors (Lipinski definition) is 4. The highest BCUT2D eigenvalue weighted by molar-refractivity contribution is 5.58. The summed E-state index contributed by atoms with van der Waals surface area (Å²) < 4.78 is 13.2. The first kappa shape index (κ1) is 30.9. The van der Waals surface area contributed by atoms with E-state index in [1.165, 1.54) is 0 Å². The van der Waals surface area contributed by atoms with Gasteiger partial charge in [-0.25, -0.2) is 0 Å². The highest BCUT2D eigenvalue weighted by atomic mass is 16.7. The van der Waals surface area contributed by atoms with Crippen molar-refractivity contribution in [2.75, 3.05) is 0 Å². The summed E-state index contributed by atoms with van der Waals surface area (Å²) in [6, 6.07) is 3.91. The number of phenolic OH excluding ortho intramolecular Hbond substituents is 2. The summed E-state index contributed by atoms with van der Waals surface area (Å²) >= 11 is 0. The van der Waals surface area contributed by atoms with Gasteiger partial charge in [0.25, 0.3) is 0 Å². The quantitative estimate of drug-likeness (QED) is 0.401. The van der Waals surface area contributed by atoms with Gasteiger partial charge < -0.3 is 19.7 Å². The summed E-state index contributed by atoms with van der Waals surface area (Å²) in [5.41, 5.74) is 4.21. The molecule has 0 bridgehead atoms. The van der Waals surface area contributed by atoms with E-state index in [1.807, 2.05) is 39.8 Å². The molecule has 2 aromatic rings. The molecular weight excluding hydrogens is 460 g/mol. The minimum Gasteiger partial charge on any atom is -0.507 e. The van der Waals surface area contributed by atoms with Gasteiger partial charge in [0.05, 0.1) is 0 Å². The lowest BCUT2D eigenvalue weighted by Crippen LogP contribution is -2.36. The van der Waals surface area contributed by atoms with Crippen molar-refractivity contribution in [2.45, 2.75) is 138 Å². The third-order valence-corrected chi connectivity index (χ3v) is 6.85. The van der Waals surface area contributed by atoms with Gasteiger partial charge in [0.15, 0.2) is 0 Å². The molecular formula is C33H52O4. The minimum atomic E-state index is -1.02. The number of hydrogen-bond donors (Lipinski definition) is 2. The molecule has 0 saturated heterocycles. The third kappa shape index (κ3) is 6.56. The Hall–Kier alpha value is -2.36. The van der Waals surface area contributed by atoms with Crippen LogP contribution in [0.15, 0.2) is 12.1 Å². The van der Waals surface area contributed by atoms with Crippen LogP contribution in [0.3, 0.4) is 0 Å². The van der Waals surface area contributed by atoms with Crippen LogP contribution in [0.5, 0.6) is 23.0 Å². The lowest BCUT2D eigenvalue weighted by molar-refractivity contribution is -0.0821. The van der Waals surface area contributed by atoms with Crippen molar-refractivity contribution in [3.63, 3.8) is 0 Å². The average molecular weight is 513 g/mol. The topological polar surface area (TPSA) is 58.9 Å². The van der Waals surface area contributed by atoms with Crippen LogP contribution >= 0.6 is 0 Å². The molecule has 37 heavy (non-hydrogen) atoms. The fraction of sp³-hybridized carbons (Fsp3) is 0.636. The van der Waals surface area contributed by atoms with Gasteiger partial charge in [0.1, 0.15) is 23.0 Å². The van der Waals surface area contributed by atoms with Crippen molar-refractivity contribution in [2.24, 2.45) is 0 Å². The summed E-state index contributed by atoms with van der Waals surface area (Å²) in [7, 11) is 0. The molecule has 0 fully saturated rings. The van der Waals surface area contributed by atoms with Gasteiger partial charge in [-0.05, 0) is 58.8 Å².